The summed E-state index contributed by atoms with van der Waals surface area (Å²) < 4.78 is 0. The number of nitrogens with zero attached hydrogens (tertiary/aromatic N) is 3. The smallest absolute Gasteiger partial charge is 0.136 e. The molecule has 106 valence electrons. The van der Waals surface area contributed by atoms with Gasteiger partial charge in [-0.2, -0.15) is 0 Å². The second kappa shape index (κ2) is 5.77. The van der Waals surface area contributed by atoms with Gasteiger partial charge < -0.3 is 15.5 Å². The van der Waals surface area contributed by atoms with Gasteiger partial charge in [-0.3, -0.25) is 0 Å². The van der Waals surface area contributed by atoms with Gasteiger partial charge in [-0.25, -0.2) is 9.97 Å². The van der Waals surface area contributed by atoms with Crippen LogP contribution in [0.4, 0.5) is 23.0 Å². The summed E-state index contributed by atoms with van der Waals surface area (Å²) in [5, 5.41) is 6.36. The zero-order valence-corrected chi connectivity index (χ0v) is 12.7. The molecule has 0 aliphatic heterocycles. The quantitative estimate of drug-likeness (QED) is 0.895. The molecule has 5 heteroatoms. The minimum Gasteiger partial charge on any atom is -0.377 e. The normalized spacial score (nSPS) is 10.2. The van der Waals surface area contributed by atoms with E-state index in [1.807, 2.05) is 34.1 Å². The molecular formula is C15H21N5. The van der Waals surface area contributed by atoms with E-state index >= 15 is 0 Å². The van der Waals surface area contributed by atoms with Crippen molar-refractivity contribution < 1.29 is 0 Å². The van der Waals surface area contributed by atoms with E-state index in [-0.39, 0.29) is 0 Å². The summed E-state index contributed by atoms with van der Waals surface area (Å²) in [4.78, 5) is 10.8. The maximum Gasteiger partial charge on any atom is 0.136 e. The van der Waals surface area contributed by atoms with E-state index in [0.29, 0.717) is 0 Å². The van der Waals surface area contributed by atoms with Gasteiger partial charge in [-0.15, -0.1) is 0 Å². The lowest BCUT2D eigenvalue weighted by Gasteiger charge is -2.17. The van der Waals surface area contributed by atoms with E-state index < -0.39 is 0 Å². The molecule has 0 saturated carbocycles. The first-order valence-electron chi connectivity index (χ1n) is 6.58. The molecular weight excluding hydrogens is 250 g/mol. The van der Waals surface area contributed by atoms with Crippen LogP contribution in [-0.4, -0.2) is 31.1 Å². The number of nitrogens with one attached hydrogen (secondary N) is 2. The van der Waals surface area contributed by atoms with Crippen LogP contribution in [0.15, 0.2) is 24.3 Å². The van der Waals surface area contributed by atoms with Crippen LogP contribution in [0, 0.1) is 13.8 Å². The van der Waals surface area contributed by atoms with E-state index in [9.17, 15) is 0 Å². The number of rotatable bonds is 4. The van der Waals surface area contributed by atoms with Gasteiger partial charge in [-0.05, 0) is 31.5 Å². The topological polar surface area (TPSA) is 53.1 Å². The van der Waals surface area contributed by atoms with Gasteiger partial charge in [0.2, 0.25) is 0 Å². The summed E-state index contributed by atoms with van der Waals surface area (Å²) in [6.07, 6.45) is 0. The molecule has 2 rings (SSSR count). The van der Waals surface area contributed by atoms with Crippen LogP contribution in [0.25, 0.3) is 0 Å². The Labute approximate surface area is 120 Å². The van der Waals surface area contributed by atoms with Crippen LogP contribution >= 0.6 is 0 Å². The summed E-state index contributed by atoms with van der Waals surface area (Å²) in [6.45, 7) is 3.99. The molecule has 5 nitrogen and oxygen atoms in total. The van der Waals surface area contributed by atoms with Crippen molar-refractivity contribution in [1.29, 1.82) is 0 Å². The summed E-state index contributed by atoms with van der Waals surface area (Å²) in [7, 11) is 5.93. The van der Waals surface area contributed by atoms with Crippen molar-refractivity contribution in [3.8, 4) is 0 Å². The van der Waals surface area contributed by atoms with E-state index in [1.165, 1.54) is 11.3 Å². The number of aromatic nitrogens is 2. The second-order valence-corrected chi connectivity index (χ2v) is 4.96. The number of aryl methyl sites for hydroxylation is 2. The highest BCUT2D eigenvalue weighted by Crippen LogP contribution is 2.25. The molecule has 0 fully saturated rings. The summed E-state index contributed by atoms with van der Waals surface area (Å²) in [6, 6.07) is 8.16. The first kappa shape index (κ1) is 14.1. The van der Waals surface area contributed by atoms with Gasteiger partial charge >= 0.3 is 0 Å². The number of anilines is 4. The minimum absolute atomic E-state index is 0.735. The molecule has 0 radical (unpaired) electrons. The third-order valence-corrected chi connectivity index (χ3v) is 3.06. The summed E-state index contributed by atoms with van der Waals surface area (Å²) >= 11 is 0. The lowest BCUT2D eigenvalue weighted by atomic mass is 10.1. The Morgan fingerprint density at radius 3 is 2.35 bits per heavy atom. The molecule has 1 aromatic heterocycles. The first-order chi connectivity index (χ1) is 9.49. The van der Waals surface area contributed by atoms with Crippen molar-refractivity contribution in [2.75, 3.05) is 36.7 Å². The minimum atomic E-state index is 0.735. The fourth-order valence-corrected chi connectivity index (χ4v) is 2.08. The molecule has 1 aromatic carbocycles. The Bertz CT molecular complexity index is 607. The van der Waals surface area contributed by atoms with Gasteiger partial charge in [0.05, 0.1) is 0 Å². The average Bonchev–Trinajstić information content (AvgIpc) is 2.40. The van der Waals surface area contributed by atoms with Crippen molar-refractivity contribution in [3.05, 3.63) is 35.7 Å². The lowest BCUT2D eigenvalue weighted by molar-refractivity contribution is 1.05. The summed E-state index contributed by atoms with van der Waals surface area (Å²) in [5.41, 5.74) is 3.45. The van der Waals surface area contributed by atoms with Crippen molar-refractivity contribution in [1.82, 2.24) is 9.97 Å². The van der Waals surface area contributed by atoms with Crippen LogP contribution < -0.4 is 15.5 Å². The predicted molar refractivity (Wildman–Crippen MR) is 85.1 cm³/mol. The number of benzene rings is 1. The van der Waals surface area contributed by atoms with Crippen molar-refractivity contribution in [3.63, 3.8) is 0 Å². The fourth-order valence-electron chi connectivity index (χ4n) is 2.08. The predicted octanol–water partition coefficient (Wildman–Crippen LogP) is 2.94. The average molecular weight is 271 g/mol. The molecule has 0 amide bonds. The van der Waals surface area contributed by atoms with E-state index in [0.717, 1.165) is 23.1 Å². The molecule has 2 N–H and O–H groups in total. The molecule has 20 heavy (non-hydrogen) atoms. The lowest BCUT2D eigenvalue weighted by Crippen LogP contribution is -2.10. The molecule has 0 bridgehead atoms. The van der Waals surface area contributed by atoms with Crippen LogP contribution in [0.2, 0.25) is 0 Å². The number of hydrogen-bond donors (Lipinski definition) is 2. The van der Waals surface area contributed by atoms with Gasteiger partial charge in [0.25, 0.3) is 0 Å². The fraction of sp³-hybridized carbons (Fsp3) is 0.333. The Hall–Kier alpha value is -2.30. The molecule has 0 unspecified atom stereocenters. The largest absolute Gasteiger partial charge is 0.377 e. The molecule has 0 aliphatic rings. The SMILES string of the molecule is CNc1cc(Nc2ccc(C)c(N(C)C)c2)nc(C)n1. The van der Waals surface area contributed by atoms with Gasteiger partial charge in [0.15, 0.2) is 0 Å². The highest BCUT2D eigenvalue weighted by Gasteiger charge is 2.05. The van der Waals surface area contributed by atoms with Crippen molar-refractivity contribution in [2.24, 2.45) is 0 Å². The highest BCUT2D eigenvalue weighted by molar-refractivity contribution is 5.66. The number of hydrogen-bond acceptors (Lipinski definition) is 5. The third kappa shape index (κ3) is 3.17. The van der Waals surface area contributed by atoms with Crippen LogP contribution in [0.1, 0.15) is 11.4 Å². The molecule has 0 aliphatic carbocycles. The molecule has 2 aromatic rings. The van der Waals surface area contributed by atoms with Crippen LogP contribution in [0.3, 0.4) is 0 Å². The van der Waals surface area contributed by atoms with Gasteiger partial charge in [-0.1, -0.05) is 6.07 Å². The maximum absolute atomic E-state index is 4.40. The Morgan fingerprint density at radius 1 is 1.00 bits per heavy atom. The standard InChI is InChI=1S/C15H21N5/c1-10-6-7-12(8-13(10)20(4)5)19-15-9-14(16-3)17-11(2)18-15/h6-9H,1-5H3,(H2,16,17,18,19). The molecule has 1 heterocycles. The third-order valence-electron chi connectivity index (χ3n) is 3.06. The molecule has 0 spiro atoms. The summed E-state index contributed by atoms with van der Waals surface area (Å²) in [5.74, 6) is 2.33. The van der Waals surface area contributed by atoms with Crippen molar-refractivity contribution >= 4 is 23.0 Å². The maximum atomic E-state index is 4.40. The van der Waals surface area contributed by atoms with Gasteiger partial charge in [0, 0.05) is 38.6 Å². The second-order valence-electron chi connectivity index (χ2n) is 4.96. The zero-order chi connectivity index (χ0) is 14.7. The zero-order valence-electron chi connectivity index (χ0n) is 12.7. The monoisotopic (exact) mass is 271 g/mol. The van der Waals surface area contributed by atoms with E-state index in [2.05, 4.69) is 50.6 Å². The van der Waals surface area contributed by atoms with Gasteiger partial charge in [0.1, 0.15) is 17.5 Å². The molecule has 0 saturated heterocycles. The van der Waals surface area contributed by atoms with Crippen LogP contribution in [-0.2, 0) is 0 Å². The first-order valence-corrected chi connectivity index (χ1v) is 6.58. The Kier molecular flexibility index (Phi) is 4.08. The van der Waals surface area contributed by atoms with Crippen molar-refractivity contribution in [2.45, 2.75) is 13.8 Å². The highest BCUT2D eigenvalue weighted by atomic mass is 15.1. The molecule has 0 atom stereocenters. The van der Waals surface area contributed by atoms with E-state index in [1.54, 1.807) is 0 Å². The van der Waals surface area contributed by atoms with Crippen LogP contribution in [0.5, 0.6) is 0 Å². The Balaban J connectivity index is 2.30. The van der Waals surface area contributed by atoms with E-state index in [4.69, 9.17) is 0 Å². The Morgan fingerprint density at radius 2 is 1.70 bits per heavy atom.